The molecule has 0 bridgehead atoms. The molecule has 3 rings (SSSR count). The summed E-state index contributed by atoms with van der Waals surface area (Å²) in [5.74, 6) is 0.391. The first-order valence-corrected chi connectivity index (χ1v) is 13.4. The minimum atomic E-state index is -1.83. The molecular formula is C21H34BrNOSi. The van der Waals surface area contributed by atoms with Gasteiger partial charge in [0.25, 0.3) is 0 Å². The van der Waals surface area contributed by atoms with Gasteiger partial charge in [0.1, 0.15) is 0 Å². The molecule has 140 valence electrons. The second-order valence-electron chi connectivity index (χ2n) is 10.1. The van der Waals surface area contributed by atoms with Gasteiger partial charge < -0.3 is 9.74 Å². The molecule has 2 nitrogen and oxygen atoms in total. The van der Waals surface area contributed by atoms with Crippen LogP contribution in [0.5, 0.6) is 0 Å². The molecule has 1 aliphatic carbocycles. The molecule has 0 aromatic heterocycles. The van der Waals surface area contributed by atoms with E-state index in [1.807, 2.05) is 0 Å². The van der Waals surface area contributed by atoms with Crippen LogP contribution in [0.2, 0.25) is 18.1 Å². The number of nitrogens with one attached hydrogen (secondary N) is 1. The molecule has 1 heterocycles. The van der Waals surface area contributed by atoms with Crippen molar-refractivity contribution in [1.29, 1.82) is 0 Å². The van der Waals surface area contributed by atoms with E-state index in [-0.39, 0.29) is 16.7 Å². The largest absolute Gasteiger partial charge is 0.411 e. The fourth-order valence-electron chi connectivity index (χ4n) is 4.18. The first-order chi connectivity index (χ1) is 11.3. The van der Waals surface area contributed by atoms with Gasteiger partial charge in [0.2, 0.25) is 0 Å². The van der Waals surface area contributed by atoms with Crippen molar-refractivity contribution in [2.75, 3.05) is 5.32 Å². The van der Waals surface area contributed by atoms with Crippen LogP contribution in [0.15, 0.2) is 10.5 Å². The Morgan fingerprint density at radius 3 is 2.40 bits per heavy atom. The molecular weight excluding hydrogens is 390 g/mol. The van der Waals surface area contributed by atoms with Gasteiger partial charge in [-0.1, -0.05) is 43.6 Å². The molecule has 25 heavy (non-hydrogen) atoms. The first kappa shape index (κ1) is 19.4. The maximum Gasteiger partial charge on any atom is 0.192 e. The minimum absolute atomic E-state index is 0.0634. The summed E-state index contributed by atoms with van der Waals surface area (Å²) >= 11 is 3.84. The highest BCUT2D eigenvalue weighted by atomic mass is 79.9. The van der Waals surface area contributed by atoms with Crippen LogP contribution in [0.4, 0.5) is 5.69 Å². The Morgan fingerprint density at radius 1 is 1.20 bits per heavy atom. The summed E-state index contributed by atoms with van der Waals surface area (Å²) in [5.41, 5.74) is 5.80. The molecule has 1 aliphatic heterocycles. The van der Waals surface area contributed by atoms with Crippen LogP contribution < -0.4 is 5.32 Å². The zero-order valence-corrected chi connectivity index (χ0v) is 19.7. The monoisotopic (exact) mass is 423 g/mol. The highest BCUT2D eigenvalue weighted by Gasteiger charge is 2.48. The van der Waals surface area contributed by atoms with E-state index < -0.39 is 8.32 Å². The molecule has 1 aromatic carbocycles. The van der Waals surface area contributed by atoms with Crippen molar-refractivity contribution in [3.8, 4) is 0 Å². The molecule has 0 amide bonds. The maximum absolute atomic E-state index is 6.95. The molecule has 0 radical (unpaired) electrons. The summed E-state index contributed by atoms with van der Waals surface area (Å²) < 4.78 is 8.24. The molecule has 0 saturated heterocycles. The van der Waals surface area contributed by atoms with E-state index in [0.717, 1.165) is 0 Å². The van der Waals surface area contributed by atoms with E-state index >= 15 is 0 Å². The molecule has 4 heteroatoms. The third-order valence-electron chi connectivity index (χ3n) is 6.71. The molecule has 2 unspecified atom stereocenters. The highest BCUT2D eigenvalue weighted by Crippen LogP contribution is 2.49. The van der Waals surface area contributed by atoms with Gasteiger partial charge in [0.05, 0.1) is 11.6 Å². The average molecular weight is 424 g/mol. The van der Waals surface area contributed by atoms with Crippen molar-refractivity contribution < 1.29 is 4.43 Å². The molecule has 0 saturated carbocycles. The van der Waals surface area contributed by atoms with Gasteiger partial charge in [-0.05, 0) is 74.0 Å². The van der Waals surface area contributed by atoms with Crippen LogP contribution in [0, 0.1) is 0 Å². The standard InChI is InChI=1S/C21H34BrNOSi/c1-13-16-12-17(22)14-10-9-11-15(14)18(16)23-21(5,6)19(13)24-25(7,8)20(2,3)4/h12-13,19,23H,9-11H2,1-8H3. The fourth-order valence-corrected chi connectivity index (χ4v) is 6.36. The number of anilines is 1. The predicted octanol–water partition coefficient (Wildman–Crippen LogP) is 6.64. The van der Waals surface area contributed by atoms with Crippen LogP contribution >= 0.6 is 15.9 Å². The van der Waals surface area contributed by atoms with Crippen molar-refractivity contribution in [2.24, 2.45) is 0 Å². The highest BCUT2D eigenvalue weighted by molar-refractivity contribution is 9.10. The van der Waals surface area contributed by atoms with Crippen LogP contribution in [-0.2, 0) is 17.3 Å². The van der Waals surface area contributed by atoms with Crippen molar-refractivity contribution >= 4 is 29.9 Å². The molecule has 1 N–H and O–H groups in total. The smallest absolute Gasteiger partial charge is 0.192 e. The van der Waals surface area contributed by atoms with E-state index in [1.165, 1.54) is 46.1 Å². The quantitative estimate of drug-likeness (QED) is 0.538. The lowest BCUT2D eigenvalue weighted by molar-refractivity contribution is 0.0961. The molecule has 2 aliphatic rings. The summed E-state index contributed by atoms with van der Waals surface area (Å²) in [5, 5.41) is 4.12. The number of fused-ring (bicyclic) bond motifs is 3. The number of hydrogen-bond acceptors (Lipinski definition) is 2. The summed E-state index contributed by atoms with van der Waals surface area (Å²) in [6, 6.07) is 2.36. The zero-order valence-electron chi connectivity index (χ0n) is 17.1. The van der Waals surface area contributed by atoms with E-state index in [2.05, 4.69) is 81.9 Å². The summed E-state index contributed by atoms with van der Waals surface area (Å²) in [4.78, 5) is 0. The van der Waals surface area contributed by atoms with Gasteiger partial charge in [-0.3, -0.25) is 0 Å². The second kappa shape index (κ2) is 6.10. The number of halogens is 1. The molecule has 0 spiro atoms. The van der Waals surface area contributed by atoms with Crippen molar-refractivity contribution in [2.45, 2.75) is 96.5 Å². The van der Waals surface area contributed by atoms with Crippen LogP contribution in [0.1, 0.15) is 70.6 Å². The van der Waals surface area contributed by atoms with Gasteiger partial charge in [0.15, 0.2) is 8.32 Å². The lowest BCUT2D eigenvalue weighted by Crippen LogP contribution is -2.57. The molecule has 2 atom stereocenters. The molecule has 0 fully saturated rings. The van der Waals surface area contributed by atoms with Gasteiger partial charge in [0, 0.05) is 16.1 Å². The van der Waals surface area contributed by atoms with E-state index in [9.17, 15) is 0 Å². The number of hydrogen-bond donors (Lipinski definition) is 1. The normalized spacial score (nSPS) is 25.3. The Hall–Kier alpha value is -0.323. The zero-order chi connectivity index (χ0) is 18.8. The molecule has 1 aromatic rings. The lowest BCUT2D eigenvalue weighted by atomic mass is 9.77. The van der Waals surface area contributed by atoms with Crippen molar-refractivity contribution in [1.82, 2.24) is 0 Å². The SMILES string of the molecule is CC1c2cc(Br)c3c(c2NC(C)(C)C1O[Si](C)(C)C(C)(C)C)CCC3. The number of benzene rings is 1. The van der Waals surface area contributed by atoms with E-state index in [0.29, 0.717) is 5.92 Å². The van der Waals surface area contributed by atoms with Gasteiger partial charge in [-0.15, -0.1) is 0 Å². The van der Waals surface area contributed by atoms with Crippen LogP contribution in [0.3, 0.4) is 0 Å². The van der Waals surface area contributed by atoms with Gasteiger partial charge in [-0.2, -0.15) is 0 Å². The Morgan fingerprint density at radius 2 is 1.80 bits per heavy atom. The van der Waals surface area contributed by atoms with E-state index in [4.69, 9.17) is 4.43 Å². The van der Waals surface area contributed by atoms with E-state index in [1.54, 1.807) is 0 Å². The minimum Gasteiger partial charge on any atom is -0.411 e. The second-order valence-corrected chi connectivity index (χ2v) is 15.7. The fraction of sp³-hybridized carbons (Fsp3) is 0.714. The van der Waals surface area contributed by atoms with Gasteiger partial charge in [-0.25, -0.2) is 0 Å². The van der Waals surface area contributed by atoms with Crippen molar-refractivity contribution in [3.63, 3.8) is 0 Å². The van der Waals surface area contributed by atoms with Crippen LogP contribution in [0.25, 0.3) is 0 Å². The Kier molecular flexibility index (Phi) is 4.74. The van der Waals surface area contributed by atoms with Crippen molar-refractivity contribution in [3.05, 3.63) is 27.2 Å². The maximum atomic E-state index is 6.95. The van der Waals surface area contributed by atoms with Crippen LogP contribution in [-0.4, -0.2) is 20.0 Å². The first-order valence-electron chi connectivity index (χ1n) is 9.65. The number of rotatable bonds is 2. The third-order valence-corrected chi connectivity index (χ3v) is 11.9. The van der Waals surface area contributed by atoms with Gasteiger partial charge >= 0.3 is 0 Å². The Bertz CT molecular complexity index is 690. The Balaban J connectivity index is 2.04. The summed E-state index contributed by atoms with van der Waals surface area (Å²) in [6.45, 7) is 18.7. The predicted molar refractivity (Wildman–Crippen MR) is 114 cm³/mol. The summed E-state index contributed by atoms with van der Waals surface area (Å²) in [6.07, 6.45) is 3.85. The average Bonchev–Trinajstić information content (AvgIpc) is 2.94. The summed E-state index contributed by atoms with van der Waals surface area (Å²) in [7, 11) is -1.83. The third kappa shape index (κ3) is 3.23. The topological polar surface area (TPSA) is 21.3 Å². The lowest BCUT2D eigenvalue weighted by Gasteiger charge is -2.50. The Labute approximate surface area is 163 Å².